The van der Waals surface area contributed by atoms with Gasteiger partial charge in [0, 0.05) is 10.6 Å². The Hall–Kier alpha value is -1.28. The van der Waals surface area contributed by atoms with Crippen LogP contribution >= 0.6 is 11.6 Å². The zero-order valence-electron chi connectivity index (χ0n) is 6.96. The molecule has 13 heavy (non-hydrogen) atoms. The van der Waals surface area contributed by atoms with E-state index in [1.807, 2.05) is 24.3 Å². The number of halogens is 1. The van der Waals surface area contributed by atoms with Crippen LogP contribution in [-0.4, -0.2) is 12.5 Å². The summed E-state index contributed by atoms with van der Waals surface area (Å²) in [6.07, 6.45) is 0. The molecule has 0 bridgehead atoms. The van der Waals surface area contributed by atoms with E-state index in [1.54, 1.807) is 0 Å². The minimum absolute atomic E-state index is 0.484. The van der Waals surface area contributed by atoms with E-state index in [0.29, 0.717) is 17.5 Å². The van der Waals surface area contributed by atoms with Gasteiger partial charge in [-0.3, -0.25) is 0 Å². The van der Waals surface area contributed by atoms with Gasteiger partial charge in [-0.1, -0.05) is 18.2 Å². The van der Waals surface area contributed by atoms with E-state index in [-0.39, 0.29) is 0 Å². The van der Waals surface area contributed by atoms with Gasteiger partial charge >= 0.3 is 0 Å². The molecule has 0 saturated carbocycles. The van der Waals surface area contributed by atoms with Crippen molar-refractivity contribution in [2.45, 2.75) is 0 Å². The van der Waals surface area contributed by atoms with Crippen molar-refractivity contribution < 1.29 is 4.74 Å². The van der Waals surface area contributed by atoms with E-state index in [0.717, 1.165) is 11.3 Å². The number of ether oxygens (including phenoxy) is 1. The van der Waals surface area contributed by atoms with Crippen LogP contribution in [0.1, 0.15) is 5.56 Å². The lowest BCUT2D eigenvalue weighted by Gasteiger charge is -1.99. The molecule has 2 nitrogen and oxygen atoms in total. The normalized spacial score (nSPS) is 15.5. The van der Waals surface area contributed by atoms with E-state index in [1.165, 1.54) is 0 Å². The van der Waals surface area contributed by atoms with Crippen molar-refractivity contribution in [1.29, 1.82) is 0 Å². The second-order valence-electron chi connectivity index (χ2n) is 2.78. The second-order valence-corrected chi connectivity index (χ2v) is 3.22. The summed E-state index contributed by atoms with van der Waals surface area (Å²) in [5, 5.41) is 0.709. The molecule has 1 aliphatic heterocycles. The molecule has 0 amide bonds. The van der Waals surface area contributed by atoms with Crippen LogP contribution < -0.4 is 0 Å². The van der Waals surface area contributed by atoms with Gasteiger partial charge in [0.2, 0.25) is 5.90 Å². The fourth-order valence-electron chi connectivity index (χ4n) is 1.10. The summed E-state index contributed by atoms with van der Waals surface area (Å²) in [5.74, 6) is 0.627. The summed E-state index contributed by atoms with van der Waals surface area (Å²) in [4.78, 5) is 4.15. The van der Waals surface area contributed by atoms with Crippen molar-refractivity contribution in [3.63, 3.8) is 0 Å². The predicted octanol–water partition coefficient (Wildman–Crippen LogP) is 2.63. The van der Waals surface area contributed by atoms with Gasteiger partial charge in [-0.05, 0) is 24.3 Å². The van der Waals surface area contributed by atoms with Crippen LogP contribution in [0.3, 0.4) is 0 Å². The molecule has 3 heteroatoms. The standard InChI is InChI=1S/C10H8ClNO/c1-7-6-13-10(12-7)8-2-4-9(11)5-3-8/h2-5H,1,6H2. The lowest BCUT2D eigenvalue weighted by molar-refractivity contribution is 0.364. The van der Waals surface area contributed by atoms with Gasteiger partial charge in [0.05, 0.1) is 5.70 Å². The van der Waals surface area contributed by atoms with E-state index >= 15 is 0 Å². The van der Waals surface area contributed by atoms with Gasteiger partial charge in [0.1, 0.15) is 6.61 Å². The quantitative estimate of drug-likeness (QED) is 0.672. The zero-order chi connectivity index (χ0) is 9.26. The minimum atomic E-state index is 0.484. The monoisotopic (exact) mass is 193 g/mol. The Morgan fingerprint density at radius 3 is 2.54 bits per heavy atom. The van der Waals surface area contributed by atoms with Gasteiger partial charge in [0.15, 0.2) is 0 Å². The van der Waals surface area contributed by atoms with Crippen LogP contribution in [0.2, 0.25) is 5.02 Å². The molecule has 0 radical (unpaired) electrons. The number of benzene rings is 1. The first kappa shape index (κ1) is 8.32. The Balaban J connectivity index is 2.31. The number of aliphatic imine (C=N–C) groups is 1. The maximum Gasteiger partial charge on any atom is 0.221 e. The van der Waals surface area contributed by atoms with Crippen molar-refractivity contribution in [2.24, 2.45) is 4.99 Å². The Bertz CT molecular complexity index is 367. The third kappa shape index (κ3) is 1.73. The van der Waals surface area contributed by atoms with E-state index in [9.17, 15) is 0 Å². The molecule has 0 aromatic heterocycles. The smallest absolute Gasteiger partial charge is 0.221 e. The van der Waals surface area contributed by atoms with Crippen molar-refractivity contribution in [1.82, 2.24) is 0 Å². The Morgan fingerprint density at radius 1 is 1.31 bits per heavy atom. The van der Waals surface area contributed by atoms with Gasteiger partial charge in [-0.15, -0.1) is 0 Å². The molecule has 0 atom stereocenters. The molecule has 0 N–H and O–H groups in total. The zero-order valence-corrected chi connectivity index (χ0v) is 7.71. The van der Waals surface area contributed by atoms with E-state index < -0.39 is 0 Å². The summed E-state index contributed by atoms with van der Waals surface area (Å²) < 4.78 is 5.30. The fourth-order valence-corrected chi connectivity index (χ4v) is 1.23. The number of hydrogen-bond acceptors (Lipinski definition) is 2. The van der Waals surface area contributed by atoms with Crippen molar-refractivity contribution >= 4 is 17.5 Å². The highest BCUT2D eigenvalue weighted by Gasteiger charge is 2.12. The third-order valence-electron chi connectivity index (χ3n) is 1.73. The van der Waals surface area contributed by atoms with Crippen LogP contribution in [0.25, 0.3) is 0 Å². The van der Waals surface area contributed by atoms with Crippen LogP contribution in [0.5, 0.6) is 0 Å². The molecule has 1 heterocycles. The van der Waals surface area contributed by atoms with E-state index in [4.69, 9.17) is 16.3 Å². The predicted molar refractivity (Wildman–Crippen MR) is 53.1 cm³/mol. The molecule has 1 aromatic carbocycles. The lowest BCUT2D eigenvalue weighted by atomic mass is 10.2. The first-order valence-corrected chi connectivity index (χ1v) is 4.29. The molecular formula is C10H8ClNO. The highest BCUT2D eigenvalue weighted by atomic mass is 35.5. The summed E-state index contributed by atoms with van der Waals surface area (Å²) in [6.45, 7) is 4.19. The largest absolute Gasteiger partial charge is 0.471 e. The summed E-state index contributed by atoms with van der Waals surface area (Å²) in [6, 6.07) is 7.37. The molecule has 1 aromatic rings. The van der Waals surface area contributed by atoms with Gasteiger partial charge in [-0.2, -0.15) is 0 Å². The molecule has 1 aliphatic rings. The van der Waals surface area contributed by atoms with Crippen LogP contribution in [0.4, 0.5) is 0 Å². The molecular weight excluding hydrogens is 186 g/mol. The average molecular weight is 194 g/mol. The maximum atomic E-state index is 5.75. The van der Waals surface area contributed by atoms with Crippen molar-refractivity contribution in [3.05, 3.63) is 47.1 Å². The van der Waals surface area contributed by atoms with E-state index in [2.05, 4.69) is 11.6 Å². The Kier molecular flexibility index (Phi) is 2.07. The van der Waals surface area contributed by atoms with Gasteiger partial charge < -0.3 is 4.74 Å². The first-order chi connectivity index (χ1) is 6.25. The molecule has 0 unspecified atom stereocenters. The first-order valence-electron chi connectivity index (χ1n) is 3.91. The van der Waals surface area contributed by atoms with Crippen LogP contribution in [0, 0.1) is 0 Å². The summed E-state index contributed by atoms with van der Waals surface area (Å²) in [5.41, 5.74) is 1.69. The molecule has 0 fully saturated rings. The maximum absolute atomic E-state index is 5.75. The molecule has 0 spiro atoms. The molecule has 66 valence electrons. The van der Waals surface area contributed by atoms with Gasteiger partial charge in [0.25, 0.3) is 0 Å². The Morgan fingerprint density at radius 2 is 2.00 bits per heavy atom. The number of rotatable bonds is 1. The second kappa shape index (κ2) is 3.23. The molecule has 0 aliphatic carbocycles. The third-order valence-corrected chi connectivity index (χ3v) is 1.98. The van der Waals surface area contributed by atoms with Crippen LogP contribution in [-0.2, 0) is 4.74 Å². The van der Waals surface area contributed by atoms with Crippen molar-refractivity contribution in [2.75, 3.05) is 6.61 Å². The van der Waals surface area contributed by atoms with Gasteiger partial charge in [-0.25, -0.2) is 4.99 Å². The van der Waals surface area contributed by atoms with Crippen molar-refractivity contribution in [3.8, 4) is 0 Å². The minimum Gasteiger partial charge on any atom is -0.471 e. The summed E-state index contributed by atoms with van der Waals surface area (Å²) in [7, 11) is 0. The van der Waals surface area contributed by atoms with Crippen LogP contribution in [0.15, 0.2) is 41.5 Å². The topological polar surface area (TPSA) is 21.6 Å². The number of hydrogen-bond donors (Lipinski definition) is 0. The lowest BCUT2D eigenvalue weighted by Crippen LogP contribution is -1.99. The highest BCUT2D eigenvalue weighted by molar-refractivity contribution is 6.30. The highest BCUT2D eigenvalue weighted by Crippen LogP contribution is 2.15. The average Bonchev–Trinajstić information content (AvgIpc) is 2.53. The summed E-state index contributed by atoms with van der Waals surface area (Å²) >= 11 is 5.75. The molecule has 2 rings (SSSR count). The molecule has 0 saturated heterocycles. The fraction of sp³-hybridized carbons (Fsp3) is 0.100. The number of nitrogens with zero attached hydrogens (tertiary/aromatic N) is 1. The Labute approximate surface area is 81.5 Å². The SMILES string of the molecule is C=C1COC(c2ccc(Cl)cc2)=N1.